The summed E-state index contributed by atoms with van der Waals surface area (Å²) in [4.78, 5) is 103. The van der Waals surface area contributed by atoms with Gasteiger partial charge in [-0.05, 0) is 134 Å². The minimum absolute atomic E-state index is 0.0642. The molecule has 2 unspecified atom stereocenters. The molecule has 0 spiro atoms. The average Bonchev–Trinajstić information content (AvgIpc) is 1.56. The molecule has 5 fully saturated rings. The number of hydrogen-bond acceptors (Lipinski definition) is 21. The molecule has 30 heteroatoms. The van der Waals surface area contributed by atoms with E-state index in [0.29, 0.717) is 84.9 Å². The molecule has 3 aromatic heterocycles. The number of carbonyl (C=O) groups excluding carboxylic acids is 5. The zero-order chi connectivity index (χ0) is 68.9. The highest BCUT2D eigenvalue weighted by molar-refractivity contribution is 7.85. The van der Waals surface area contributed by atoms with Crippen molar-refractivity contribution < 1.29 is 91.0 Å². The molecule has 6 aromatic rings. The van der Waals surface area contributed by atoms with Gasteiger partial charge >= 0.3 is 18.0 Å². The molecule has 28 nitrogen and oxygen atoms in total. The van der Waals surface area contributed by atoms with Crippen molar-refractivity contribution in [2.75, 3.05) is 55.3 Å². The number of hydrogen-bond donors (Lipinski definition) is 8. The van der Waals surface area contributed by atoms with Crippen LogP contribution in [-0.4, -0.2) is 191 Å². The number of aliphatic hydroxyl groups is 3. The van der Waals surface area contributed by atoms with Gasteiger partial charge in [0.05, 0.1) is 34.4 Å². The first kappa shape index (κ1) is 68.2. The van der Waals surface area contributed by atoms with Gasteiger partial charge in [0.2, 0.25) is 12.2 Å². The van der Waals surface area contributed by atoms with Gasteiger partial charge in [0.15, 0.2) is 16.9 Å². The smallest absolute Gasteiger partial charge is 0.410 e. The van der Waals surface area contributed by atoms with E-state index in [0.717, 1.165) is 68.3 Å². The van der Waals surface area contributed by atoms with Gasteiger partial charge in [0.25, 0.3) is 27.8 Å². The lowest BCUT2D eigenvalue weighted by Gasteiger charge is -2.69. The molecule has 7 atom stereocenters. The number of imide groups is 1. The first-order chi connectivity index (χ1) is 46.1. The Morgan fingerprint density at radius 2 is 1.61 bits per heavy atom. The molecule has 0 radical (unpaired) electrons. The zero-order valence-electron chi connectivity index (χ0n) is 53.4. The first-order valence-electron chi connectivity index (χ1n) is 31.9. The third-order valence-corrected chi connectivity index (χ3v) is 21.0. The lowest BCUT2D eigenvalue weighted by molar-refractivity contribution is -0.271. The van der Waals surface area contributed by atoms with Crippen LogP contribution >= 0.6 is 11.3 Å². The van der Waals surface area contributed by atoms with Crippen LogP contribution < -0.4 is 20.3 Å². The second-order valence-electron chi connectivity index (χ2n) is 27.1. The molecule has 4 aliphatic carbocycles. The molecule has 4 bridgehead atoms. The number of aryl methyl sites for hydroxylation is 1. The van der Waals surface area contributed by atoms with Crippen LogP contribution in [0, 0.1) is 23.2 Å². The summed E-state index contributed by atoms with van der Waals surface area (Å²) in [6.45, 7) is 6.09. The maximum absolute atomic E-state index is 14.2. The monoisotopic (exact) mass is 1370 g/mol. The second-order valence-corrected chi connectivity index (χ2v) is 29.7. The molecule has 5 amide bonds. The first-order valence-corrected chi connectivity index (χ1v) is 34.3. The number of para-hydroxylation sites is 1. The molecular weight excluding hydrogens is 1300 g/mol. The Hall–Kier alpha value is -8.75. The number of nitrogens with zero attached hydrogens (tertiary/aromatic N) is 7. The van der Waals surface area contributed by atoms with E-state index in [4.69, 9.17) is 29.0 Å². The van der Waals surface area contributed by atoms with E-state index in [9.17, 15) is 72.1 Å². The van der Waals surface area contributed by atoms with Crippen molar-refractivity contribution >= 4 is 84.3 Å². The van der Waals surface area contributed by atoms with E-state index in [1.54, 1.807) is 30.5 Å². The van der Waals surface area contributed by atoms with Gasteiger partial charge in [-0.3, -0.25) is 38.6 Å². The van der Waals surface area contributed by atoms with Crippen molar-refractivity contribution in [3.05, 3.63) is 130 Å². The number of amides is 5. The average molecular weight is 1370 g/mol. The highest BCUT2D eigenvalue weighted by Crippen LogP contribution is 2.72. The van der Waals surface area contributed by atoms with E-state index in [2.05, 4.69) is 29.5 Å². The molecule has 3 aromatic carbocycles. The SMILES string of the molecule is Cc1c(-c2ccc(N3CCc4cccc(C(=O)Nc5nc6ccccc6s5)c4C3)nc2C(=O)O)cnn1CC12CC3(C)CC(C)(C1)CC(OCCN(CCS(=O)(=O)O)C(=O)OCc1ccc(CCCNC(=O)CN4C(=O)C=CC4=O)cc1O[C@@H]1O[C@H](C(=O)O)[C@@H](O)[C@H](O)[C@H]1O)(C3)C2. The van der Waals surface area contributed by atoms with Gasteiger partial charge in [0, 0.05) is 79.4 Å². The van der Waals surface area contributed by atoms with Crippen LogP contribution in [0.1, 0.15) is 108 Å². The predicted octanol–water partition coefficient (Wildman–Crippen LogP) is 5.28. The summed E-state index contributed by atoms with van der Waals surface area (Å²) in [5.74, 6) is -5.51. The number of aromatic carboxylic acids is 1. The zero-order valence-corrected chi connectivity index (χ0v) is 55.1. The highest BCUT2D eigenvalue weighted by Gasteiger charge is 2.66. The summed E-state index contributed by atoms with van der Waals surface area (Å²) in [6, 6.07) is 21.4. The number of aromatic nitrogens is 4. The number of carboxylic acid groups (broad SMARTS) is 2. The van der Waals surface area contributed by atoms with E-state index in [1.807, 2.05) is 52.9 Å². The normalized spacial score (nSPS) is 25.7. The van der Waals surface area contributed by atoms with Crippen molar-refractivity contribution in [1.82, 2.24) is 34.9 Å². The third-order valence-electron chi connectivity index (χ3n) is 19.3. The number of thiazole rings is 1. The Labute approximate surface area is 560 Å². The summed E-state index contributed by atoms with van der Waals surface area (Å²) in [5, 5.41) is 63.3. The molecule has 13 rings (SSSR count). The van der Waals surface area contributed by atoms with Crippen molar-refractivity contribution in [3.8, 4) is 16.9 Å². The maximum atomic E-state index is 14.2. The molecule has 3 aliphatic heterocycles. The van der Waals surface area contributed by atoms with Crippen LogP contribution in [0.5, 0.6) is 5.75 Å². The molecule has 514 valence electrons. The van der Waals surface area contributed by atoms with Gasteiger partial charge < -0.3 is 59.6 Å². The highest BCUT2D eigenvalue weighted by atomic mass is 32.2. The lowest BCUT2D eigenvalue weighted by atomic mass is 9.39. The number of ether oxygens (including phenoxy) is 4. The Morgan fingerprint density at radius 1 is 0.856 bits per heavy atom. The number of aliphatic hydroxyl groups excluding tert-OH is 3. The predicted molar refractivity (Wildman–Crippen MR) is 348 cm³/mol. The molecule has 4 saturated carbocycles. The Morgan fingerprint density at radius 3 is 2.33 bits per heavy atom. The molecule has 6 heterocycles. The Bertz CT molecular complexity index is 4200. The van der Waals surface area contributed by atoms with Gasteiger partial charge in [0.1, 0.15) is 43.0 Å². The molecule has 1 saturated heterocycles. The van der Waals surface area contributed by atoms with E-state index < -0.39 is 108 Å². The minimum Gasteiger partial charge on any atom is -0.479 e. The number of pyridine rings is 1. The third kappa shape index (κ3) is 14.8. The fourth-order valence-electron chi connectivity index (χ4n) is 16.1. The van der Waals surface area contributed by atoms with Gasteiger partial charge in [-0.1, -0.05) is 61.6 Å². The van der Waals surface area contributed by atoms with E-state index in [1.165, 1.54) is 23.5 Å². The fraction of sp³-hybridized carbons (Fsp3) is 0.463. The van der Waals surface area contributed by atoms with E-state index in [-0.39, 0.29) is 65.3 Å². The summed E-state index contributed by atoms with van der Waals surface area (Å²) in [6.07, 6.45) is -1.28. The van der Waals surface area contributed by atoms with Gasteiger partial charge in [-0.15, -0.1) is 0 Å². The fourth-order valence-corrected chi connectivity index (χ4v) is 17.4. The molecule has 97 heavy (non-hydrogen) atoms. The number of aliphatic carboxylic acids is 1. The number of benzene rings is 3. The van der Waals surface area contributed by atoms with E-state index >= 15 is 0 Å². The van der Waals surface area contributed by atoms with Gasteiger partial charge in [-0.2, -0.15) is 13.5 Å². The number of carbonyl (C=O) groups is 7. The van der Waals surface area contributed by atoms with Crippen molar-refractivity contribution in [3.63, 3.8) is 0 Å². The second kappa shape index (κ2) is 26.9. The van der Waals surface area contributed by atoms with Crippen LogP contribution in [0.3, 0.4) is 0 Å². The summed E-state index contributed by atoms with van der Waals surface area (Å²) in [7, 11) is -4.61. The molecule has 8 N–H and O–H groups in total. The number of fused-ring (bicyclic) bond motifs is 2. The molecular formula is C67H75N9O19S2. The van der Waals surface area contributed by atoms with Crippen molar-refractivity contribution in [2.24, 2.45) is 16.2 Å². The summed E-state index contributed by atoms with van der Waals surface area (Å²) in [5.41, 5.74) is 4.03. The van der Waals surface area contributed by atoms with Crippen molar-refractivity contribution in [2.45, 2.75) is 135 Å². The van der Waals surface area contributed by atoms with Gasteiger partial charge in [-0.25, -0.2) is 24.4 Å². The minimum atomic E-state index is -4.61. The van der Waals surface area contributed by atoms with Crippen molar-refractivity contribution in [1.29, 1.82) is 0 Å². The Kier molecular flexibility index (Phi) is 18.9. The van der Waals surface area contributed by atoms with Crippen LogP contribution in [0.15, 0.2) is 91.1 Å². The number of rotatable bonds is 25. The topological polar surface area (TPSA) is 389 Å². The quantitative estimate of drug-likeness (QED) is 0.0205. The standard InChI is InChI=1S/C67H75N9O19S2/c1-38-44(42-15-16-49(71-53(42)59(84)85)74-21-19-40-9-6-10-43(45(40)28-74)58(83)72-62-70-46-11-4-5-12-48(46)96-62)27-69-76(38)37-66-32-64(2)31-65(3,33-66)35-67(34-64,36-66)93-24-22-73(23-25-97(89,90)91)63(88)92-30-41-14-13-39(8-7-20-68-50(77)29-75-51(78)17-18-52(75)79)26-47(41)94-61-56(82)54(80)55(81)57(95-61)60(86)87/h4-6,9-18,26-27,54-57,61,80-82H,7-8,19-25,28-37H2,1-3H3,(H,68,77)(H,84,85)(H,86,87)(H,70,72,83)(H,89,90,91)/t54-,55-,56+,57-,61+,64?,65?,66?,67?/m0/s1. The number of anilines is 2. The molecule has 7 aliphatic rings. The number of nitrogens with one attached hydrogen (secondary N) is 2. The lowest BCUT2D eigenvalue weighted by Crippen LogP contribution is -2.64. The van der Waals surface area contributed by atoms with Crippen LogP contribution in [0.2, 0.25) is 0 Å². The number of carboxylic acids is 2. The van der Waals surface area contributed by atoms with Crippen LogP contribution in [0.4, 0.5) is 15.7 Å². The summed E-state index contributed by atoms with van der Waals surface area (Å²) < 4.78 is 61.3. The Balaban J connectivity index is 0.716. The van der Waals surface area contributed by atoms with Crippen LogP contribution in [0.25, 0.3) is 21.3 Å². The maximum Gasteiger partial charge on any atom is 0.410 e. The largest absolute Gasteiger partial charge is 0.479 e. The summed E-state index contributed by atoms with van der Waals surface area (Å²) >= 11 is 1.39. The van der Waals surface area contributed by atoms with Crippen LogP contribution in [-0.2, 0) is 76.0 Å².